The lowest BCUT2D eigenvalue weighted by Gasteiger charge is -2.24. The topological polar surface area (TPSA) is 58.6 Å². The molecule has 0 aliphatic rings. The molecule has 3 aromatic rings. The average Bonchev–Trinajstić information content (AvgIpc) is 2.81. The highest BCUT2D eigenvalue weighted by molar-refractivity contribution is 7.99. The van der Waals surface area contributed by atoms with Crippen molar-refractivity contribution in [1.82, 2.24) is 5.32 Å². The third kappa shape index (κ3) is 7.99. The zero-order valence-corrected chi connectivity index (χ0v) is 19.9. The number of benzene rings is 3. The van der Waals surface area contributed by atoms with Crippen LogP contribution in [0.5, 0.6) is 5.75 Å². The van der Waals surface area contributed by atoms with Gasteiger partial charge in [0.2, 0.25) is 0 Å². The first kappa shape index (κ1) is 24.4. The number of esters is 1. The highest BCUT2D eigenvalue weighted by Gasteiger charge is 2.16. The zero-order chi connectivity index (χ0) is 23.5. The van der Waals surface area contributed by atoms with Gasteiger partial charge in [-0.05, 0) is 60.9 Å². The minimum Gasteiger partial charge on any atom is -0.427 e. The number of hydrogen-bond acceptors (Lipinski definition) is 4. The number of nitrogens with zero attached hydrogens (tertiary/aromatic N) is 1. The number of anilines is 1. The Kier molecular flexibility index (Phi) is 9.39. The van der Waals surface area contributed by atoms with Crippen LogP contribution in [0.2, 0.25) is 0 Å². The fraction of sp³-hybridized carbons (Fsp3) is 0.259. The number of rotatable bonds is 10. The van der Waals surface area contributed by atoms with Crippen molar-refractivity contribution in [3.8, 4) is 5.75 Å². The Bertz CT molecular complexity index is 1040. The lowest BCUT2D eigenvalue weighted by molar-refractivity contribution is -0.131. The minimum absolute atomic E-state index is 0.0766. The van der Waals surface area contributed by atoms with Crippen molar-refractivity contribution in [2.45, 2.75) is 42.9 Å². The molecule has 6 heteroatoms. The summed E-state index contributed by atoms with van der Waals surface area (Å²) < 4.78 is 5.10. The molecule has 3 rings (SSSR count). The van der Waals surface area contributed by atoms with Crippen molar-refractivity contribution < 1.29 is 14.3 Å². The number of nitrogens with one attached hydrogen (secondary N) is 1. The maximum Gasteiger partial charge on any atom is 0.321 e. The van der Waals surface area contributed by atoms with Crippen LogP contribution in [0.3, 0.4) is 0 Å². The smallest absolute Gasteiger partial charge is 0.321 e. The van der Waals surface area contributed by atoms with Gasteiger partial charge in [0.05, 0.1) is 0 Å². The Hall–Kier alpha value is -3.25. The molecule has 1 N–H and O–H groups in total. The fourth-order valence-corrected chi connectivity index (χ4v) is 4.16. The molecular weight excluding hydrogens is 432 g/mol. The van der Waals surface area contributed by atoms with E-state index in [0.29, 0.717) is 18.8 Å². The third-order valence-electron chi connectivity index (χ3n) is 4.97. The molecule has 0 atom stereocenters. The predicted octanol–water partition coefficient (Wildman–Crippen LogP) is 6.32. The summed E-state index contributed by atoms with van der Waals surface area (Å²) in [6, 6.07) is 25.5. The number of carbonyl (C=O) groups excluding carboxylic acids is 2. The van der Waals surface area contributed by atoms with Crippen LogP contribution in [0.1, 0.15) is 32.3 Å². The molecule has 0 aromatic heterocycles. The molecule has 5 nitrogen and oxygen atoms in total. The Balaban J connectivity index is 1.74. The molecule has 0 fully saturated rings. The van der Waals surface area contributed by atoms with Gasteiger partial charge in [-0.2, -0.15) is 0 Å². The molecule has 0 bridgehead atoms. The largest absolute Gasteiger partial charge is 0.427 e. The minimum atomic E-state index is -0.337. The van der Waals surface area contributed by atoms with Crippen LogP contribution in [0.25, 0.3) is 0 Å². The van der Waals surface area contributed by atoms with Crippen LogP contribution in [0.4, 0.5) is 10.5 Å². The first-order valence-corrected chi connectivity index (χ1v) is 12.0. The van der Waals surface area contributed by atoms with Crippen molar-refractivity contribution >= 4 is 29.4 Å². The van der Waals surface area contributed by atoms with E-state index in [0.717, 1.165) is 34.7 Å². The maximum atomic E-state index is 13.0. The summed E-state index contributed by atoms with van der Waals surface area (Å²) >= 11 is 1.60. The molecule has 0 aliphatic carbocycles. The van der Waals surface area contributed by atoms with E-state index < -0.39 is 0 Å². The number of ether oxygens (including phenoxy) is 1. The summed E-state index contributed by atoms with van der Waals surface area (Å²) in [5.41, 5.74) is 2.06. The average molecular weight is 463 g/mol. The number of amides is 2. The van der Waals surface area contributed by atoms with E-state index in [4.69, 9.17) is 4.74 Å². The van der Waals surface area contributed by atoms with Gasteiger partial charge in [0, 0.05) is 35.5 Å². The Morgan fingerprint density at radius 2 is 1.70 bits per heavy atom. The number of urea groups is 1. The summed E-state index contributed by atoms with van der Waals surface area (Å²) in [6.07, 6.45) is 2.77. The van der Waals surface area contributed by atoms with Crippen LogP contribution in [-0.4, -0.2) is 25.1 Å². The van der Waals surface area contributed by atoms with E-state index >= 15 is 0 Å². The van der Waals surface area contributed by atoms with Crippen molar-refractivity contribution in [3.63, 3.8) is 0 Å². The van der Waals surface area contributed by atoms with Gasteiger partial charge in [-0.25, -0.2) is 4.79 Å². The normalized spacial score (nSPS) is 10.5. The third-order valence-corrected chi connectivity index (χ3v) is 5.97. The van der Waals surface area contributed by atoms with E-state index in [1.807, 2.05) is 59.5 Å². The molecule has 0 radical (unpaired) electrons. The summed E-state index contributed by atoms with van der Waals surface area (Å²) in [6.45, 7) is 4.75. The molecule has 2 amide bonds. The van der Waals surface area contributed by atoms with Gasteiger partial charge in [-0.15, -0.1) is 0 Å². The van der Waals surface area contributed by atoms with E-state index in [2.05, 4.69) is 24.4 Å². The Labute approximate surface area is 200 Å². The summed E-state index contributed by atoms with van der Waals surface area (Å²) in [4.78, 5) is 28.0. The van der Waals surface area contributed by atoms with E-state index in [-0.39, 0.29) is 12.0 Å². The van der Waals surface area contributed by atoms with Gasteiger partial charge in [0.25, 0.3) is 0 Å². The van der Waals surface area contributed by atoms with Gasteiger partial charge in [-0.3, -0.25) is 9.69 Å². The van der Waals surface area contributed by atoms with Crippen LogP contribution < -0.4 is 15.0 Å². The van der Waals surface area contributed by atoms with E-state index in [9.17, 15) is 9.59 Å². The molecule has 0 saturated carbocycles. The highest BCUT2D eigenvalue weighted by Crippen LogP contribution is 2.31. The molecule has 0 unspecified atom stereocenters. The van der Waals surface area contributed by atoms with Crippen LogP contribution in [0.15, 0.2) is 88.7 Å². The first-order chi connectivity index (χ1) is 16.0. The second-order valence-electron chi connectivity index (χ2n) is 7.64. The van der Waals surface area contributed by atoms with Crippen LogP contribution in [0, 0.1) is 0 Å². The fourth-order valence-electron chi connectivity index (χ4n) is 3.29. The van der Waals surface area contributed by atoms with Gasteiger partial charge in [-0.1, -0.05) is 61.5 Å². The molecule has 0 spiro atoms. The second-order valence-corrected chi connectivity index (χ2v) is 8.78. The molecular formula is C27H30N2O3S. The van der Waals surface area contributed by atoms with Crippen molar-refractivity contribution in [2.24, 2.45) is 0 Å². The highest BCUT2D eigenvalue weighted by atomic mass is 32.2. The standard InChI is InChI=1S/C27H30N2O3S/c1-3-4-18-28-27(31)29(19-17-22-9-6-5-7-10-22)23-11-8-12-26(20-23)33-25-15-13-24(14-16-25)32-21(2)30/h5-16,20H,3-4,17-19H2,1-2H3,(H,28,31). The van der Waals surface area contributed by atoms with Crippen molar-refractivity contribution in [1.29, 1.82) is 0 Å². The lowest BCUT2D eigenvalue weighted by Crippen LogP contribution is -2.41. The molecule has 0 heterocycles. The Morgan fingerprint density at radius 1 is 0.939 bits per heavy atom. The SMILES string of the molecule is CCCCNC(=O)N(CCc1ccccc1)c1cccc(Sc2ccc(OC(C)=O)cc2)c1. The first-order valence-electron chi connectivity index (χ1n) is 11.2. The quantitative estimate of drug-likeness (QED) is 0.218. The van der Waals surface area contributed by atoms with Crippen molar-refractivity contribution in [3.05, 3.63) is 84.4 Å². The van der Waals surface area contributed by atoms with Gasteiger partial charge in [0.15, 0.2) is 0 Å². The maximum absolute atomic E-state index is 13.0. The monoisotopic (exact) mass is 462 g/mol. The Morgan fingerprint density at radius 3 is 2.39 bits per heavy atom. The van der Waals surface area contributed by atoms with Gasteiger partial charge < -0.3 is 10.1 Å². The van der Waals surface area contributed by atoms with E-state index in [1.54, 1.807) is 23.9 Å². The van der Waals surface area contributed by atoms with Crippen molar-refractivity contribution in [2.75, 3.05) is 18.0 Å². The molecule has 0 aliphatic heterocycles. The van der Waals surface area contributed by atoms with Gasteiger partial charge >= 0.3 is 12.0 Å². The summed E-state index contributed by atoms with van der Waals surface area (Å²) in [7, 11) is 0. The predicted molar refractivity (Wildman–Crippen MR) is 134 cm³/mol. The number of unbranched alkanes of at least 4 members (excludes halogenated alkanes) is 1. The van der Waals surface area contributed by atoms with E-state index in [1.165, 1.54) is 12.5 Å². The molecule has 172 valence electrons. The van der Waals surface area contributed by atoms with Crippen LogP contribution in [-0.2, 0) is 11.2 Å². The lowest BCUT2D eigenvalue weighted by atomic mass is 10.1. The summed E-state index contributed by atoms with van der Waals surface area (Å²) in [5, 5.41) is 3.05. The number of hydrogen-bond donors (Lipinski definition) is 1. The van der Waals surface area contributed by atoms with Crippen LogP contribution >= 0.6 is 11.8 Å². The molecule has 3 aromatic carbocycles. The second kappa shape index (κ2) is 12.7. The summed E-state index contributed by atoms with van der Waals surface area (Å²) in [5.74, 6) is 0.187. The molecule has 33 heavy (non-hydrogen) atoms. The van der Waals surface area contributed by atoms with Gasteiger partial charge in [0.1, 0.15) is 5.75 Å². The zero-order valence-electron chi connectivity index (χ0n) is 19.1. The molecule has 0 saturated heterocycles. The number of carbonyl (C=O) groups is 2.